The summed E-state index contributed by atoms with van der Waals surface area (Å²) < 4.78 is 0. The van der Waals surface area contributed by atoms with Gasteiger partial charge in [0.1, 0.15) is 5.92 Å². The van der Waals surface area contributed by atoms with E-state index < -0.39 is 5.92 Å². The molecular formula is C26H35N3OS2. The minimum absolute atomic E-state index is 0.0790. The van der Waals surface area contributed by atoms with Crippen molar-refractivity contribution in [2.45, 2.75) is 57.9 Å². The molecule has 1 aromatic rings. The number of hydrogen-bond acceptors (Lipinski definition) is 5. The highest BCUT2D eigenvalue weighted by Gasteiger charge is 2.40. The normalized spacial score (nSPS) is 22.1. The Balaban J connectivity index is 1.65. The van der Waals surface area contributed by atoms with Crippen molar-refractivity contribution >= 4 is 40.4 Å². The molecule has 1 aromatic carbocycles. The number of hydrogen-bond donors (Lipinski definition) is 1. The van der Waals surface area contributed by atoms with Crippen LogP contribution in [-0.4, -0.2) is 47.9 Å². The van der Waals surface area contributed by atoms with Gasteiger partial charge in [0.15, 0.2) is 5.78 Å². The maximum Gasteiger partial charge on any atom is 0.171 e. The molecule has 2 unspecified atom stereocenters. The van der Waals surface area contributed by atoms with E-state index in [1.807, 2.05) is 6.08 Å². The molecule has 2 aliphatic heterocycles. The maximum absolute atomic E-state index is 13.2. The molecule has 1 aliphatic carbocycles. The van der Waals surface area contributed by atoms with Gasteiger partial charge in [-0.2, -0.15) is 0 Å². The van der Waals surface area contributed by atoms with E-state index in [2.05, 4.69) is 67.1 Å². The van der Waals surface area contributed by atoms with Crippen LogP contribution >= 0.6 is 24.0 Å². The second-order valence-corrected chi connectivity index (χ2v) is 11.8. The zero-order valence-corrected chi connectivity index (χ0v) is 21.3. The number of fused-ring (bicyclic) bond motifs is 1. The number of anilines is 1. The predicted molar refractivity (Wildman–Crippen MR) is 139 cm³/mol. The summed E-state index contributed by atoms with van der Waals surface area (Å²) in [7, 11) is 0. The minimum Gasteiger partial charge on any atom is -0.379 e. The number of benzene rings is 1. The molecule has 0 aromatic heterocycles. The molecule has 4 nitrogen and oxygen atoms in total. The topological polar surface area (TPSA) is 35.6 Å². The van der Waals surface area contributed by atoms with Crippen molar-refractivity contribution < 1.29 is 4.79 Å². The van der Waals surface area contributed by atoms with E-state index in [1.165, 1.54) is 23.4 Å². The fourth-order valence-electron chi connectivity index (χ4n) is 4.76. The van der Waals surface area contributed by atoms with Gasteiger partial charge in [-0.25, -0.2) is 0 Å². The number of para-hydroxylation sites is 1. The molecule has 1 N–H and O–H groups in total. The summed E-state index contributed by atoms with van der Waals surface area (Å²) in [6.07, 6.45) is 7.26. The summed E-state index contributed by atoms with van der Waals surface area (Å²) in [5, 5.41) is 3.43. The molecule has 1 saturated heterocycles. The minimum atomic E-state index is -0.424. The number of allylic oxidation sites excluding steroid dienone is 2. The zero-order valence-electron chi connectivity index (χ0n) is 19.7. The van der Waals surface area contributed by atoms with Gasteiger partial charge in [-0.05, 0) is 69.0 Å². The van der Waals surface area contributed by atoms with Crippen molar-refractivity contribution in [1.82, 2.24) is 10.2 Å². The van der Waals surface area contributed by atoms with Gasteiger partial charge in [-0.3, -0.25) is 4.79 Å². The Hall–Kier alpha value is -1.63. The molecule has 0 amide bonds. The smallest absolute Gasteiger partial charge is 0.171 e. The Morgan fingerprint density at radius 3 is 2.66 bits per heavy atom. The first-order valence-electron chi connectivity index (χ1n) is 11.8. The van der Waals surface area contributed by atoms with E-state index in [9.17, 15) is 4.79 Å². The predicted octanol–water partition coefficient (Wildman–Crippen LogP) is 5.40. The highest BCUT2D eigenvalue weighted by atomic mass is 32.2. The molecule has 2 heterocycles. The second-order valence-electron chi connectivity index (χ2n) is 10.3. The van der Waals surface area contributed by atoms with Crippen LogP contribution in [0.15, 0.2) is 51.9 Å². The number of likely N-dealkylation sites (tertiary alicyclic amines) is 1. The number of nitrogens with one attached hydrogen (secondary N) is 1. The van der Waals surface area contributed by atoms with E-state index in [1.54, 1.807) is 17.8 Å². The lowest BCUT2D eigenvalue weighted by atomic mass is 9.90. The van der Waals surface area contributed by atoms with E-state index in [-0.39, 0.29) is 17.2 Å². The standard InChI is InChI=1S/C26H35N3OS2/c1-18(17-28-15-7-8-16-28)29-19-9-5-6-10-21(19)32-22-12-11-20(30)23(24(22)29)25(31)27-14-13-26(2,3)4/h5-6,9-12,18,23H,7-8,13-17H2,1-4H3,(H,27,31). The summed E-state index contributed by atoms with van der Waals surface area (Å²) in [6, 6.07) is 8.80. The summed E-state index contributed by atoms with van der Waals surface area (Å²) in [6.45, 7) is 13.1. The van der Waals surface area contributed by atoms with Crippen molar-refractivity contribution in [2.24, 2.45) is 11.3 Å². The molecule has 0 radical (unpaired) electrons. The maximum atomic E-state index is 13.2. The zero-order chi connectivity index (χ0) is 22.9. The average Bonchev–Trinajstić information content (AvgIpc) is 3.24. The first kappa shape index (κ1) is 23.5. The monoisotopic (exact) mass is 469 g/mol. The number of thiocarbonyl (C=S) groups is 1. The Morgan fingerprint density at radius 2 is 1.94 bits per heavy atom. The lowest BCUT2D eigenvalue weighted by Gasteiger charge is -2.43. The first-order chi connectivity index (χ1) is 15.2. The molecule has 0 bridgehead atoms. The van der Waals surface area contributed by atoms with Crippen molar-refractivity contribution in [3.8, 4) is 0 Å². The summed E-state index contributed by atoms with van der Waals surface area (Å²) >= 11 is 7.60. The fourth-order valence-corrected chi connectivity index (χ4v) is 6.20. The first-order valence-corrected chi connectivity index (χ1v) is 13.0. The molecular weight excluding hydrogens is 434 g/mol. The molecule has 4 rings (SSSR count). The third-order valence-corrected chi connectivity index (χ3v) is 7.92. The number of rotatable bonds is 6. The molecule has 1 fully saturated rings. The summed E-state index contributed by atoms with van der Waals surface area (Å²) in [4.78, 5) is 21.2. The highest BCUT2D eigenvalue weighted by Crippen LogP contribution is 2.48. The van der Waals surface area contributed by atoms with Crippen LogP contribution in [0.5, 0.6) is 0 Å². The van der Waals surface area contributed by atoms with Crippen molar-refractivity contribution in [1.29, 1.82) is 0 Å². The van der Waals surface area contributed by atoms with Crippen molar-refractivity contribution in [3.05, 3.63) is 47.0 Å². The lowest BCUT2D eigenvalue weighted by Crippen LogP contribution is -2.48. The van der Waals surface area contributed by atoms with Gasteiger partial charge in [-0.15, -0.1) is 0 Å². The largest absolute Gasteiger partial charge is 0.379 e. The van der Waals surface area contributed by atoms with Gasteiger partial charge < -0.3 is 15.1 Å². The number of ketones is 1. The van der Waals surface area contributed by atoms with Crippen molar-refractivity contribution in [3.63, 3.8) is 0 Å². The lowest BCUT2D eigenvalue weighted by molar-refractivity contribution is -0.115. The Bertz CT molecular complexity index is 941. The molecule has 0 saturated carbocycles. The van der Waals surface area contributed by atoms with Crippen LogP contribution in [-0.2, 0) is 4.79 Å². The van der Waals surface area contributed by atoms with Gasteiger partial charge in [0, 0.05) is 28.9 Å². The van der Waals surface area contributed by atoms with Crippen LogP contribution in [0.25, 0.3) is 0 Å². The van der Waals surface area contributed by atoms with Gasteiger partial charge >= 0.3 is 0 Å². The van der Waals surface area contributed by atoms with Crippen LogP contribution in [0.3, 0.4) is 0 Å². The average molecular weight is 470 g/mol. The summed E-state index contributed by atoms with van der Waals surface area (Å²) in [5.74, 6) is -0.345. The van der Waals surface area contributed by atoms with Gasteiger partial charge in [0.05, 0.1) is 16.4 Å². The van der Waals surface area contributed by atoms with E-state index in [4.69, 9.17) is 12.2 Å². The van der Waals surface area contributed by atoms with Crippen LogP contribution in [0, 0.1) is 11.3 Å². The molecule has 2 atom stereocenters. The second kappa shape index (κ2) is 9.70. The number of nitrogens with zero attached hydrogens (tertiary/aromatic N) is 2. The molecule has 172 valence electrons. The SMILES string of the molecule is CC(CN1CCCC1)N1C2=C(C=CC(=O)C2C(=S)NCCC(C)(C)C)Sc2ccccc21. The highest BCUT2D eigenvalue weighted by molar-refractivity contribution is 8.03. The van der Waals surface area contributed by atoms with Gasteiger partial charge in [0.25, 0.3) is 0 Å². The van der Waals surface area contributed by atoms with E-state index in [0.717, 1.165) is 43.2 Å². The van der Waals surface area contributed by atoms with E-state index in [0.29, 0.717) is 4.99 Å². The Morgan fingerprint density at radius 1 is 1.22 bits per heavy atom. The Labute approximate surface area is 202 Å². The summed E-state index contributed by atoms with van der Waals surface area (Å²) in [5.41, 5.74) is 2.47. The van der Waals surface area contributed by atoms with E-state index >= 15 is 0 Å². The Kier molecular flexibility index (Phi) is 7.13. The molecule has 0 spiro atoms. The quantitative estimate of drug-likeness (QED) is 0.562. The molecule has 6 heteroatoms. The third kappa shape index (κ3) is 5.13. The third-order valence-electron chi connectivity index (χ3n) is 6.41. The molecule has 3 aliphatic rings. The number of carbonyl (C=O) groups is 1. The van der Waals surface area contributed by atoms with Gasteiger partial charge in [0.2, 0.25) is 0 Å². The van der Waals surface area contributed by atoms with Crippen molar-refractivity contribution in [2.75, 3.05) is 31.1 Å². The van der Waals surface area contributed by atoms with Gasteiger partial charge in [-0.1, -0.05) is 56.9 Å². The van der Waals surface area contributed by atoms with Crippen LogP contribution < -0.4 is 10.2 Å². The van der Waals surface area contributed by atoms with Crippen LogP contribution in [0.1, 0.15) is 47.0 Å². The number of carbonyl (C=O) groups excluding carboxylic acids is 1. The van der Waals surface area contributed by atoms with Crippen LogP contribution in [0.2, 0.25) is 0 Å². The molecule has 32 heavy (non-hydrogen) atoms. The van der Waals surface area contributed by atoms with Crippen LogP contribution in [0.4, 0.5) is 5.69 Å². The fraction of sp³-hybridized carbons (Fsp3) is 0.538. The number of thioether (sulfide) groups is 1.